The molecule has 1 amide bonds. The summed E-state index contributed by atoms with van der Waals surface area (Å²) in [5.74, 6) is 0.431. The molecule has 0 radical (unpaired) electrons. The zero-order valence-corrected chi connectivity index (χ0v) is 16.0. The Morgan fingerprint density at radius 3 is 2.48 bits per heavy atom. The van der Waals surface area contributed by atoms with Gasteiger partial charge in [0, 0.05) is 18.7 Å². The lowest BCUT2D eigenvalue weighted by Gasteiger charge is -2.15. The third kappa shape index (κ3) is 4.66. The average molecular weight is 387 g/mol. The molecule has 0 N–H and O–H groups in total. The second kappa shape index (κ2) is 8.65. The number of nitrogens with zero attached hydrogens (tertiary/aromatic N) is 3. The van der Waals surface area contributed by atoms with Gasteiger partial charge >= 0.3 is 0 Å². The molecule has 0 aliphatic carbocycles. The Labute approximate surface area is 168 Å². The molecule has 0 spiro atoms. The molecule has 1 aliphatic rings. The van der Waals surface area contributed by atoms with Crippen molar-refractivity contribution in [3.05, 3.63) is 72.1 Å². The lowest BCUT2D eigenvalue weighted by molar-refractivity contribution is -0.132. The van der Waals surface area contributed by atoms with E-state index in [1.807, 2.05) is 29.2 Å². The van der Waals surface area contributed by atoms with Gasteiger partial charge in [-0.15, -0.1) is 0 Å². The van der Waals surface area contributed by atoms with Crippen molar-refractivity contribution in [3.8, 4) is 5.75 Å². The topological polar surface area (TPSA) is 72.4 Å². The van der Waals surface area contributed by atoms with Gasteiger partial charge in [0.05, 0.1) is 22.9 Å². The minimum Gasteiger partial charge on any atom is -0.484 e. The molecule has 0 saturated carbocycles. The van der Waals surface area contributed by atoms with Crippen LogP contribution in [-0.4, -0.2) is 46.3 Å². The Balaban J connectivity index is 1.35. The molecule has 0 atom stereocenters. The van der Waals surface area contributed by atoms with Crippen LogP contribution in [0.5, 0.6) is 5.75 Å². The Morgan fingerprint density at radius 2 is 1.72 bits per heavy atom. The monoisotopic (exact) mass is 387 g/mol. The molecule has 1 saturated heterocycles. The highest BCUT2D eigenvalue weighted by Crippen LogP contribution is 2.15. The van der Waals surface area contributed by atoms with E-state index in [1.54, 1.807) is 36.5 Å². The summed E-state index contributed by atoms with van der Waals surface area (Å²) in [6.07, 6.45) is 6.88. The number of para-hydroxylation sites is 2. The summed E-state index contributed by atoms with van der Waals surface area (Å²) in [4.78, 5) is 35.0. The molecule has 6 heteroatoms. The number of aromatic nitrogens is 2. The van der Waals surface area contributed by atoms with Crippen LogP contribution in [0.25, 0.3) is 17.1 Å². The Morgan fingerprint density at radius 1 is 1.00 bits per heavy atom. The summed E-state index contributed by atoms with van der Waals surface area (Å²) in [6, 6.07) is 14.4. The molecule has 2 heterocycles. The SMILES string of the molecule is O=C(/C=C/c1cnc2ccccc2n1)c1ccc(OCC(=O)N2CCCC2)cc1. The Bertz CT molecular complexity index is 1050. The summed E-state index contributed by atoms with van der Waals surface area (Å²) in [5, 5.41) is 0. The van der Waals surface area contributed by atoms with Gasteiger partial charge < -0.3 is 9.64 Å². The molecule has 1 aromatic heterocycles. The first-order chi connectivity index (χ1) is 14.2. The third-order valence-corrected chi connectivity index (χ3v) is 4.83. The van der Waals surface area contributed by atoms with E-state index in [1.165, 1.54) is 6.08 Å². The average Bonchev–Trinajstić information content (AvgIpc) is 3.31. The van der Waals surface area contributed by atoms with Gasteiger partial charge in [0.25, 0.3) is 5.91 Å². The van der Waals surface area contributed by atoms with E-state index in [4.69, 9.17) is 4.74 Å². The van der Waals surface area contributed by atoms with Crippen molar-refractivity contribution in [2.45, 2.75) is 12.8 Å². The fraction of sp³-hybridized carbons (Fsp3) is 0.217. The first-order valence-corrected chi connectivity index (χ1v) is 9.64. The number of ether oxygens (including phenoxy) is 1. The zero-order valence-electron chi connectivity index (χ0n) is 16.0. The maximum atomic E-state index is 12.4. The number of carbonyl (C=O) groups excluding carboxylic acids is 2. The van der Waals surface area contributed by atoms with Gasteiger partial charge in [0.2, 0.25) is 0 Å². The van der Waals surface area contributed by atoms with Crippen molar-refractivity contribution in [1.29, 1.82) is 0 Å². The van der Waals surface area contributed by atoms with Crippen LogP contribution < -0.4 is 4.74 Å². The smallest absolute Gasteiger partial charge is 0.260 e. The predicted octanol–water partition coefficient (Wildman–Crippen LogP) is 3.53. The van der Waals surface area contributed by atoms with Crippen LogP contribution >= 0.6 is 0 Å². The summed E-state index contributed by atoms with van der Waals surface area (Å²) in [6.45, 7) is 1.64. The van der Waals surface area contributed by atoms with Gasteiger partial charge in [-0.05, 0) is 61.4 Å². The van der Waals surface area contributed by atoms with Crippen LogP contribution in [0.3, 0.4) is 0 Å². The third-order valence-electron chi connectivity index (χ3n) is 4.83. The number of fused-ring (bicyclic) bond motifs is 1. The maximum absolute atomic E-state index is 12.4. The molecule has 2 aromatic carbocycles. The van der Waals surface area contributed by atoms with Crippen molar-refractivity contribution in [3.63, 3.8) is 0 Å². The second-order valence-electron chi connectivity index (χ2n) is 6.88. The molecule has 146 valence electrons. The van der Waals surface area contributed by atoms with Crippen molar-refractivity contribution in [2.24, 2.45) is 0 Å². The number of amides is 1. The molecule has 1 aliphatic heterocycles. The van der Waals surface area contributed by atoms with Crippen molar-refractivity contribution < 1.29 is 14.3 Å². The van der Waals surface area contributed by atoms with E-state index in [-0.39, 0.29) is 18.3 Å². The summed E-state index contributed by atoms with van der Waals surface area (Å²) in [5.41, 5.74) is 2.76. The van der Waals surface area contributed by atoms with Crippen LogP contribution in [0.1, 0.15) is 28.9 Å². The fourth-order valence-electron chi connectivity index (χ4n) is 3.23. The first kappa shape index (κ1) is 18.8. The molecule has 29 heavy (non-hydrogen) atoms. The molecule has 6 nitrogen and oxygen atoms in total. The van der Waals surface area contributed by atoms with Crippen LogP contribution in [-0.2, 0) is 4.79 Å². The van der Waals surface area contributed by atoms with Crippen LogP contribution in [0, 0.1) is 0 Å². The van der Waals surface area contributed by atoms with Gasteiger partial charge in [-0.1, -0.05) is 12.1 Å². The highest BCUT2D eigenvalue weighted by atomic mass is 16.5. The van der Waals surface area contributed by atoms with Crippen LogP contribution in [0.2, 0.25) is 0 Å². The quantitative estimate of drug-likeness (QED) is 0.478. The molecule has 1 fully saturated rings. The van der Waals surface area contributed by atoms with Gasteiger partial charge in [-0.25, -0.2) is 4.98 Å². The number of allylic oxidation sites excluding steroid dienone is 1. The van der Waals surface area contributed by atoms with Gasteiger partial charge in [-0.3, -0.25) is 14.6 Å². The van der Waals surface area contributed by atoms with Crippen molar-refractivity contribution in [2.75, 3.05) is 19.7 Å². The van der Waals surface area contributed by atoms with Crippen LogP contribution in [0.15, 0.2) is 60.8 Å². The minimum atomic E-state index is -0.139. The standard InChI is InChI=1S/C23H21N3O3/c27-22(12-9-18-15-24-20-5-1-2-6-21(20)25-18)17-7-10-19(11-8-17)29-16-23(28)26-13-3-4-14-26/h1-2,5-12,15H,3-4,13-14,16H2/b12-9+. The molecule has 0 bridgehead atoms. The molecular weight excluding hydrogens is 366 g/mol. The highest BCUT2D eigenvalue weighted by Gasteiger charge is 2.18. The number of carbonyl (C=O) groups is 2. The van der Waals surface area contributed by atoms with Crippen molar-refractivity contribution >= 4 is 28.8 Å². The number of rotatable bonds is 6. The first-order valence-electron chi connectivity index (χ1n) is 9.64. The zero-order chi connectivity index (χ0) is 20.1. The van der Waals surface area contributed by atoms with Crippen molar-refractivity contribution in [1.82, 2.24) is 14.9 Å². The molecule has 0 unspecified atom stereocenters. The van der Waals surface area contributed by atoms with E-state index in [0.29, 0.717) is 17.0 Å². The summed E-state index contributed by atoms with van der Waals surface area (Å²) in [7, 11) is 0. The van der Waals surface area contributed by atoms with E-state index >= 15 is 0 Å². The predicted molar refractivity (Wildman–Crippen MR) is 111 cm³/mol. The normalized spacial score (nSPS) is 13.9. The number of likely N-dealkylation sites (tertiary alicyclic amines) is 1. The number of ketones is 1. The largest absolute Gasteiger partial charge is 0.484 e. The fourth-order valence-corrected chi connectivity index (χ4v) is 3.23. The second-order valence-corrected chi connectivity index (χ2v) is 6.88. The molecular formula is C23H21N3O3. The van der Waals surface area contributed by atoms with E-state index in [2.05, 4.69) is 9.97 Å². The summed E-state index contributed by atoms with van der Waals surface area (Å²) < 4.78 is 5.55. The lowest BCUT2D eigenvalue weighted by atomic mass is 10.1. The van der Waals surface area contributed by atoms with Gasteiger partial charge in [0.15, 0.2) is 12.4 Å². The van der Waals surface area contributed by atoms with Crippen LogP contribution in [0.4, 0.5) is 0 Å². The van der Waals surface area contributed by atoms with E-state index in [0.717, 1.165) is 37.0 Å². The van der Waals surface area contributed by atoms with Gasteiger partial charge in [0.1, 0.15) is 5.75 Å². The number of hydrogen-bond acceptors (Lipinski definition) is 5. The minimum absolute atomic E-state index is 0.00193. The number of hydrogen-bond donors (Lipinski definition) is 0. The molecule has 4 rings (SSSR count). The highest BCUT2D eigenvalue weighted by molar-refractivity contribution is 6.06. The maximum Gasteiger partial charge on any atom is 0.260 e. The van der Waals surface area contributed by atoms with E-state index < -0.39 is 0 Å². The Hall–Kier alpha value is -3.54. The Kier molecular flexibility index (Phi) is 5.61. The number of benzene rings is 2. The van der Waals surface area contributed by atoms with E-state index in [9.17, 15) is 9.59 Å². The lowest BCUT2D eigenvalue weighted by Crippen LogP contribution is -2.32. The summed E-state index contributed by atoms with van der Waals surface area (Å²) >= 11 is 0. The molecule has 3 aromatic rings. The van der Waals surface area contributed by atoms with Gasteiger partial charge in [-0.2, -0.15) is 0 Å².